The minimum Gasteiger partial charge on any atom is -0.354 e. The molecule has 7 heteroatoms. The molecule has 0 bridgehead atoms. The van der Waals surface area contributed by atoms with Crippen LogP contribution in [0.1, 0.15) is 53.2 Å². The van der Waals surface area contributed by atoms with E-state index in [9.17, 15) is 9.59 Å². The average Bonchev–Trinajstić information content (AvgIpc) is 3.00. The average molecular weight is 381 g/mol. The number of carbonyl (C=O) groups excluding carboxylic acids is 2. The molecule has 2 heterocycles. The molecule has 0 aromatic carbocycles. The highest BCUT2D eigenvalue weighted by Crippen LogP contribution is 2.23. The number of likely N-dealkylation sites (tertiary alicyclic amines) is 1. The molecule has 1 fully saturated rings. The predicted molar refractivity (Wildman–Crippen MR) is 106 cm³/mol. The van der Waals surface area contributed by atoms with Crippen molar-refractivity contribution in [3.63, 3.8) is 0 Å². The Morgan fingerprint density at radius 3 is 2.81 bits per heavy atom. The number of hydrogen-bond acceptors (Lipinski definition) is 5. The zero-order chi connectivity index (χ0) is 19.3. The number of piperidine rings is 1. The summed E-state index contributed by atoms with van der Waals surface area (Å²) in [5.41, 5.74) is 0.638. The monoisotopic (exact) mass is 380 g/mol. The third-order valence-electron chi connectivity index (χ3n) is 4.88. The van der Waals surface area contributed by atoms with Gasteiger partial charge >= 0.3 is 0 Å². The van der Waals surface area contributed by atoms with Crippen LogP contribution in [-0.2, 0) is 16.0 Å². The molecule has 2 rings (SSSR count). The van der Waals surface area contributed by atoms with Crippen LogP contribution < -0.4 is 10.6 Å². The van der Waals surface area contributed by atoms with Gasteiger partial charge in [-0.2, -0.15) is 0 Å². The quantitative estimate of drug-likeness (QED) is 0.763. The number of aromatic nitrogens is 1. The maximum absolute atomic E-state index is 12.3. The molecule has 1 unspecified atom stereocenters. The van der Waals surface area contributed by atoms with Gasteiger partial charge in [-0.05, 0) is 39.2 Å². The maximum Gasteiger partial charge on any atom is 0.228 e. The van der Waals surface area contributed by atoms with Crippen molar-refractivity contribution in [3.8, 4) is 0 Å². The number of thiazole rings is 1. The summed E-state index contributed by atoms with van der Waals surface area (Å²) in [6.07, 6.45) is 2.75. The zero-order valence-electron chi connectivity index (χ0n) is 16.6. The molecule has 1 aliphatic rings. The highest BCUT2D eigenvalue weighted by atomic mass is 32.1. The molecule has 26 heavy (non-hydrogen) atoms. The Hall–Kier alpha value is -1.47. The molecule has 2 N–H and O–H groups in total. The van der Waals surface area contributed by atoms with Gasteiger partial charge in [-0.15, -0.1) is 11.3 Å². The van der Waals surface area contributed by atoms with Crippen molar-refractivity contribution in [2.45, 2.75) is 59.4 Å². The van der Waals surface area contributed by atoms with E-state index in [1.165, 1.54) is 24.2 Å². The number of anilines is 1. The summed E-state index contributed by atoms with van der Waals surface area (Å²) in [5, 5.41) is 8.19. The summed E-state index contributed by atoms with van der Waals surface area (Å²) in [7, 11) is 0. The molecule has 1 saturated heterocycles. The summed E-state index contributed by atoms with van der Waals surface area (Å²) in [6, 6.07) is 0. The van der Waals surface area contributed by atoms with E-state index in [0.717, 1.165) is 13.1 Å². The second-order valence-electron chi connectivity index (χ2n) is 8.25. The fourth-order valence-electron chi connectivity index (χ4n) is 3.09. The SMILES string of the molecule is CC1CCCN(C(C)(C)CNC(=O)Cc2csc(NC(=O)C(C)C)n2)C1. The van der Waals surface area contributed by atoms with Gasteiger partial charge < -0.3 is 10.6 Å². The van der Waals surface area contributed by atoms with Crippen molar-refractivity contribution in [2.75, 3.05) is 25.0 Å². The number of carbonyl (C=O) groups is 2. The van der Waals surface area contributed by atoms with Crippen molar-refractivity contribution < 1.29 is 9.59 Å². The third kappa shape index (κ3) is 6.06. The van der Waals surface area contributed by atoms with Gasteiger partial charge in [0.2, 0.25) is 11.8 Å². The fourth-order valence-corrected chi connectivity index (χ4v) is 3.80. The minimum atomic E-state index is -0.0922. The summed E-state index contributed by atoms with van der Waals surface area (Å²) >= 11 is 1.35. The number of nitrogens with one attached hydrogen (secondary N) is 2. The summed E-state index contributed by atoms with van der Waals surface area (Å²) < 4.78 is 0. The Bertz CT molecular complexity index is 627. The van der Waals surface area contributed by atoms with Gasteiger partial charge in [0.1, 0.15) is 0 Å². The van der Waals surface area contributed by atoms with Crippen LogP contribution >= 0.6 is 11.3 Å². The van der Waals surface area contributed by atoms with Crippen LogP contribution in [0.25, 0.3) is 0 Å². The Kier molecular flexibility index (Phi) is 7.17. The van der Waals surface area contributed by atoms with Crippen molar-refractivity contribution in [1.29, 1.82) is 0 Å². The summed E-state index contributed by atoms with van der Waals surface area (Å²) in [4.78, 5) is 30.8. The van der Waals surface area contributed by atoms with Gasteiger partial charge in [0.05, 0.1) is 12.1 Å². The van der Waals surface area contributed by atoms with E-state index < -0.39 is 0 Å². The predicted octanol–water partition coefficient (Wildman–Crippen LogP) is 2.91. The van der Waals surface area contributed by atoms with Crippen LogP contribution in [0.5, 0.6) is 0 Å². The lowest BCUT2D eigenvalue weighted by Crippen LogP contribution is -2.54. The molecular formula is C19H32N4O2S. The van der Waals surface area contributed by atoms with Crippen molar-refractivity contribution in [2.24, 2.45) is 11.8 Å². The number of hydrogen-bond donors (Lipinski definition) is 2. The van der Waals surface area contributed by atoms with Gasteiger partial charge in [-0.3, -0.25) is 14.5 Å². The molecule has 0 saturated carbocycles. The van der Waals surface area contributed by atoms with Gasteiger partial charge in [0, 0.05) is 29.9 Å². The summed E-state index contributed by atoms with van der Waals surface area (Å²) in [5.74, 6) is 0.529. The van der Waals surface area contributed by atoms with E-state index in [1.807, 2.05) is 19.2 Å². The van der Waals surface area contributed by atoms with E-state index in [2.05, 4.69) is 41.3 Å². The second-order valence-corrected chi connectivity index (χ2v) is 9.11. The Labute approximate surface area is 160 Å². The van der Waals surface area contributed by atoms with Crippen molar-refractivity contribution >= 4 is 28.3 Å². The van der Waals surface area contributed by atoms with Crippen LogP contribution in [0.3, 0.4) is 0 Å². The molecule has 1 aromatic heterocycles. The number of rotatable bonds is 7. The number of nitrogens with zero attached hydrogens (tertiary/aromatic N) is 2. The lowest BCUT2D eigenvalue weighted by molar-refractivity contribution is -0.121. The van der Waals surface area contributed by atoms with Crippen LogP contribution in [-0.4, -0.2) is 46.9 Å². The third-order valence-corrected chi connectivity index (χ3v) is 5.69. The van der Waals surface area contributed by atoms with E-state index >= 15 is 0 Å². The first-order valence-corrected chi connectivity index (χ1v) is 10.3. The Morgan fingerprint density at radius 2 is 2.15 bits per heavy atom. The lowest BCUT2D eigenvalue weighted by atomic mass is 9.93. The highest BCUT2D eigenvalue weighted by Gasteiger charge is 2.30. The smallest absolute Gasteiger partial charge is 0.228 e. The van der Waals surface area contributed by atoms with Crippen LogP contribution in [0, 0.1) is 11.8 Å². The topological polar surface area (TPSA) is 74.3 Å². The standard InChI is InChI=1S/C19H32N4O2S/c1-13(2)17(25)22-18-21-15(11-26-18)9-16(24)20-12-19(4,5)23-8-6-7-14(3)10-23/h11,13-14H,6-10,12H2,1-5H3,(H,20,24)(H,21,22,25). The first-order valence-electron chi connectivity index (χ1n) is 9.44. The first kappa shape index (κ1) is 20.8. The Balaban J connectivity index is 1.81. The van der Waals surface area contributed by atoms with E-state index in [0.29, 0.717) is 23.3 Å². The molecular weight excluding hydrogens is 348 g/mol. The lowest BCUT2D eigenvalue weighted by Gasteiger charge is -2.43. The maximum atomic E-state index is 12.3. The molecule has 0 aliphatic carbocycles. The molecule has 0 radical (unpaired) electrons. The Morgan fingerprint density at radius 1 is 1.42 bits per heavy atom. The first-order chi connectivity index (χ1) is 12.2. The van der Waals surface area contributed by atoms with Crippen molar-refractivity contribution in [1.82, 2.24) is 15.2 Å². The number of amides is 2. The normalized spacial score (nSPS) is 18.8. The van der Waals surface area contributed by atoms with Crippen LogP contribution in [0.2, 0.25) is 0 Å². The van der Waals surface area contributed by atoms with Crippen molar-refractivity contribution in [3.05, 3.63) is 11.1 Å². The molecule has 146 valence electrons. The molecule has 1 atom stereocenters. The molecule has 1 aliphatic heterocycles. The minimum absolute atomic E-state index is 0.0323. The van der Waals surface area contributed by atoms with Gasteiger partial charge in [-0.25, -0.2) is 4.98 Å². The largest absolute Gasteiger partial charge is 0.354 e. The summed E-state index contributed by atoms with van der Waals surface area (Å²) in [6.45, 7) is 13.1. The van der Waals surface area contributed by atoms with E-state index in [4.69, 9.17) is 0 Å². The fraction of sp³-hybridized carbons (Fsp3) is 0.737. The van der Waals surface area contributed by atoms with E-state index in [-0.39, 0.29) is 29.7 Å². The molecule has 2 amide bonds. The molecule has 1 aromatic rings. The second kappa shape index (κ2) is 8.95. The van der Waals surface area contributed by atoms with Gasteiger partial charge in [-0.1, -0.05) is 20.8 Å². The highest BCUT2D eigenvalue weighted by molar-refractivity contribution is 7.13. The van der Waals surface area contributed by atoms with Crippen LogP contribution in [0.15, 0.2) is 5.38 Å². The molecule has 6 nitrogen and oxygen atoms in total. The van der Waals surface area contributed by atoms with Crippen LogP contribution in [0.4, 0.5) is 5.13 Å². The van der Waals surface area contributed by atoms with Gasteiger partial charge in [0.15, 0.2) is 5.13 Å². The van der Waals surface area contributed by atoms with Gasteiger partial charge in [0.25, 0.3) is 0 Å². The molecule has 0 spiro atoms. The van der Waals surface area contributed by atoms with E-state index in [1.54, 1.807) is 0 Å². The zero-order valence-corrected chi connectivity index (χ0v) is 17.4.